The van der Waals surface area contributed by atoms with Crippen LogP contribution in [0.2, 0.25) is 0 Å². The summed E-state index contributed by atoms with van der Waals surface area (Å²) in [7, 11) is 0. The second-order valence-corrected chi connectivity index (χ2v) is 5.68. The third-order valence-corrected chi connectivity index (χ3v) is 4.12. The van der Waals surface area contributed by atoms with E-state index in [1.165, 1.54) is 12.5 Å². The summed E-state index contributed by atoms with van der Waals surface area (Å²) in [5.74, 6) is 1.44. The summed E-state index contributed by atoms with van der Waals surface area (Å²) in [5, 5.41) is 14.2. The lowest BCUT2D eigenvalue weighted by atomic mass is 9.79. The third kappa shape index (κ3) is 3.36. The van der Waals surface area contributed by atoms with Crippen LogP contribution in [0.4, 0.5) is 17.1 Å². The molecule has 2 rings (SSSR count). The first kappa shape index (κ1) is 13.6. The first-order valence-electron chi connectivity index (χ1n) is 6.77. The van der Waals surface area contributed by atoms with Gasteiger partial charge in [0.1, 0.15) is 0 Å². The molecule has 0 aliphatic heterocycles. The monoisotopic (exact) mass is 263 g/mol. The van der Waals surface area contributed by atoms with E-state index in [4.69, 9.17) is 5.73 Å². The van der Waals surface area contributed by atoms with Crippen molar-refractivity contribution in [3.63, 3.8) is 0 Å². The average Bonchev–Trinajstić information content (AvgIpc) is 2.33. The van der Waals surface area contributed by atoms with Gasteiger partial charge in [0.25, 0.3) is 5.69 Å². The number of nitrogens with one attached hydrogen (secondary N) is 1. The van der Waals surface area contributed by atoms with Gasteiger partial charge in [-0.15, -0.1) is 0 Å². The van der Waals surface area contributed by atoms with E-state index in [9.17, 15) is 10.1 Å². The molecule has 1 saturated carbocycles. The molecule has 1 aromatic carbocycles. The number of nitrogen functional groups attached to an aromatic ring is 1. The highest BCUT2D eigenvalue weighted by Gasteiger charge is 2.24. The Bertz CT molecular complexity index is 476. The van der Waals surface area contributed by atoms with Crippen LogP contribution in [0.25, 0.3) is 0 Å². The van der Waals surface area contributed by atoms with E-state index < -0.39 is 4.92 Å². The van der Waals surface area contributed by atoms with Gasteiger partial charge < -0.3 is 11.1 Å². The first-order valence-corrected chi connectivity index (χ1v) is 6.77. The fourth-order valence-corrected chi connectivity index (χ4v) is 2.74. The molecule has 3 unspecified atom stereocenters. The lowest BCUT2D eigenvalue weighted by Gasteiger charge is -2.33. The summed E-state index contributed by atoms with van der Waals surface area (Å²) in [6.07, 6.45) is 3.40. The van der Waals surface area contributed by atoms with Crippen LogP contribution in [-0.4, -0.2) is 11.0 Å². The van der Waals surface area contributed by atoms with Crippen LogP contribution < -0.4 is 11.1 Å². The van der Waals surface area contributed by atoms with Crippen molar-refractivity contribution in [2.75, 3.05) is 11.1 Å². The summed E-state index contributed by atoms with van der Waals surface area (Å²) < 4.78 is 0. The van der Waals surface area contributed by atoms with Crippen molar-refractivity contribution in [2.24, 2.45) is 11.8 Å². The second kappa shape index (κ2) is 5.47. The van der Waals surface area contributed by atoms with E-state index in [-0.39, 0.29) is 5.69 Å². The number of nitrogens with zero attached hydrogens (tertiary/aromatic N) is 1. The minimum Gasteiger partial charge on any atom is -0.398 e. The Hall–Kier alpha value is -1.78. The average molecular weight is 263 g/mol. The molecule has 1 aromatic rings. The summed E-state index contributed by atoms with van der Waals surface area (Å²) in [5.41, 5.74) is 6.92. The molecule has 0 spiro atoms. The van der Waals surface area contributed by atoms with Gasteiger partial charge >= 0.3 is 0 Å². The van der Waals surface area contributed by atoms with Gasteiger partial charge in [0.2, 0.25) is 0 Å². The van der Waals surface area contributed by atoms with Gasteiger partial charge in [-0.25, -0.2) is 0 Å². The van der Waals surface area contributed by atoms with Crippen molar-refractivity contribution < 1.29 is 4.92 Å². The van der Waals surface area contributed by atoms with Crippen molar-refractivity contribution in [3.05, 3.63) is 28.3 Å². The number of nitro benzene ring substituents is 1. The van der Waals surface area contributed by atoms with Crippen molar-refractivity contribution in [3.8, 4) is 0 Å². The van der Waals surface area contributed by atoms with Gasteiger partial charge in [-0.3, -0.25) is 10.1 Å². The van der Waals surface area contributed by atoms with Crippen LogP contribution in [0.1, 0.15) is 33.1 Å². The van der Waals surface area contributed by atoms with Crippen molar-refractivity contribution in [1.29, 1.82) is 0 Å². The van der Waals surface area contributed by atoms with Gasteiger partial charge in [0.15, 0.2) is 0 Å². The standard InChI is InChI=1S/C14H21N3O2/c1-9-3-4-12(5-10(9)2)16-13-6-11(15)7-14(8-13)17(18)19/h6-10,12,16H,3-5,15H2,1-2H3. The molecule has 0 aromatic heterocycles. The molecule has 1 fully saturated rings. The van der Waals surface area contributed by atoms with Crippen molar-refractivity contribution >= 4 is 17.1 Å². The molecule has 3 atom stereocenters. The molecule has 1 aliphatic rings. The Kier molecular flexibility index (Phi) is 3.93. The number of nitrogens with two attached hydrogens (primary N) is 1. The Morgan fingerprint density at radius 2 is 2.00 bits per heavy atom. The predicted molar refractivity (Wildman–Crippen MR) is 77.1 cm³/mol. The molecule has 0 bridgehead atoms. The maximum atomic E-state index is 10.8. The summed E-state index contributed by atoms with van der Waals surface area (Å²) >= 11 is 0. The van der Waals surface area contributed by atoms with E-state index >= 15 is 0 Å². The van der Waals surface area contributed by atoms with E-state index in [1.54, 1.807) is 12.1 Å². The van der Waals surface area contributed by atoms with Crippen molar-refractivity contribution in [1.82, 2.24) is 0 Å². The molecule has 1 aliphatic carbocycles. The van der Waals surface area contributed by atoms with E-state index in [0.717, 1.165) is 24.4 Å². The van der Waals surface area contributed by atoms with E-state index in [2.05, 4.69) is 19.2 Å². The van der Waals surface area contributed by atoms with Crippen LogP contribution in [0.5, 0.6) is 0 Å². The zero-order chi connectivity index (χ0) is 14.0. The van der Waals surface area contributed by atoms with Crippen LogP contribution in [0.3, 0.4) is 0 Å². The zero-order valence-corrected chi connectivity index (χ0v) is 11.4. The lowest BCUT2D eigenvalue weighted by Crippen LogP contribution is -2.30. The Morgan fingerprint density at radius 1 is 1.26 bits per heavy atom. The number of benzene rings is 1. The van der Waals surface area contributed by atoms with Gasteiger partial charge in [-0.1, -0.05) is 13.8 Å². The fourth-order valence-electron chi connectivity index (χ4n) is 2.74. The highest BCUT2D eigenvalue weighted by atomic mass is 16.6. The van der Waals surface area contributed by atoms with Gasteiger partial charge in [0.05, 0.1) is 4.92 Å². The molecule has 19 heavy (non-hydrogen) atoms. The smallest absolute Gasteiger partial charge is 0.273 e. The van der Waals surface area contributed by atoms with Crippen molar-refractivity contribution in [2.45, 2.75) is 39.2 Å². The molecular formula is C14H21N3O2. The topological polar surface area (TPSA) is 81.2 Å². The minimum atomic E-state index is -0.410. The second-order valence-electron chi connectivity index (χ2n) is 5.68. The Balaban J connectivity index is 2.09. The molecule has 0 amide bonds. The van der Waals surface area contributed by atoms with Crippen LogP contribution in [0.15, 0.2) is 18.2 Å². The summed E-state index contributed by atoms with van der Waals surface area (Å²) in [6, 6.07) is 5.08. The number of hydrogen-bond acceptors (Lipinski definition) is 4. The molecule has 3 N–H and O–H groups in total. The summed E-state index contributed by atoms with van der Waals surface area (Å²) in [4.78, 5) is 10.4. The summed E-state index contributed by atoms with van der Waals surface area (Å²) in [6.45, 7) is 4.55. The number of non-ortho nitro benzene ring substituents is 1. The van der Waals surface area contributed by atoms with E-state index in [0.29, 0.717) is 17.6 Å². The minimum absolute atomic E-state index is 0.0414. The molecule has 104 valence electrons. The lowest BCUT2D eigenvalue weighted by molar-refractivity contribution is -0.384. The van der Waals surface area contributed by atoms with Gasteiger partial charge in [-0.05, 0) is 37.2 Å². The molecule has 0 heterocycles. The van der Waals surface area contributed by atoms with Crippen LogP contribution in [0, 0.1) is 22.0 Å². The quantitative estimate of drug-likeness (QED) is 0.497. The molecule has 5 nitrogen and oxygen atoms in total. The maximum Gasteiger partial charge on any atom is 0.273 e. The Labute approximate surface area is 113 Å². The largest absolute Gasteiger partial charge is 0.398 e. The number of anilines is 2. The predicted octanol–water partition coefficient (Wildman–Crippen LogP) is 3.41. The fraction of sp³-hybridized carbons (Fsp3) is 0.571. The first-order chi connectivity index (χ1) is 8.95. The normalized spacial score (nSPS) is 26.9. The van der Waals surface area contributed by atoms with Crippen LogP contribution >= 0.6 is 0 Å². The number of nitro groups is 1. The van der Waals surface area contributed by atoms with Gasteiger partial charge in [0, 0.05) is 29.5 Å². The number of rotatable bonds is 3. The Morgan fingerprint density at radius 3 is 2.63 bits per heavy atom. The highest BCUT2D eigenvalue weighted by Crippen LogP contribution is 2.32. The van der Waals surface area contributed by atoms with Crippen LogP contribution in [-0.2, 0) is 0 Å². The molecule has 0 saturated heterocycles. The van der Waals surface area contributed by atoms with Gasteiger partial charge in [-0.2, -0.15) is 0 Å². The molecular weight excluding hydrogens is 242 g/mol. The third-order valence-electron chi connectivity index (χ3n) is 4.12. The highest BCUT2D eigenvalue weighted by molar-refractivity contribution is 5.61. The molecule has 5 heteroatoms. The number of hydrogen-bond donors (Lipinski definition) is 2. The molecule has 0 radical (unpaired) electrons. The SMILES string of the molecule is CC1CCC(Nc2cc(N)cc([N+](=O)[O-])c2)CC1C. The maximum absolute atomic E-state index is 10.8. The van der Waals surface area contributed by atoms with E-state index in [1.807, 2.05) is 0 Å². The zero-order valence-electron chi connectivity index (χ0n) is 11.4.